The molecule has 5 rings (SSSR count). The molecular weight excluding hydrogens is 833 g/mol. The number of hydrogen-bond acceptors (Lipinski definition) is 6. The molecule has 0 radical (unpaired) electrons. The highest BCUT2D eigenvalue weighted by molar-refractivity contribution is 6.66. The number of unbranched alkanes of at least 4 members (excludes halogenated alkanes) is 8. The van der Waals surface area contributed by atoms with Crippen molar-refractivity contribution in [1.82, 2.24) is 0 Å². The monoisotopic (exact) mass is 921 g/mol. The van der Waals surface area contributed by atoms with Crippen LogP contribution in [-0.4, -0.2) is 63.9 Å². The molecule has 6 nitrogen and oxygen atoms in total. The molecule has 0 aromatic heterocycles. The third-order valence-corrected chi connectivity index (χ3v) is 13.7. The Bertz CT molecular complexity index is 1830. The summed E-state index contributed by atoms with van der Waals surface area (Å²) >= 11 is 0. The highest BCUT2D eigenvalue weighted by Gasteiger charge is 2.37. The van der Waals surface area contributed by atoms with Crippen LogP contribution in [0.3, 0.4) is 0 Å². The smallest absolute Gasteiger partial charge is 0.195 e. The van der Waals surface area contributed by atoms with E-state index in [1.165, 1.54) is 0 Å². The van der Waals surface area contributed by atoms with E-state index in [2.05, 4.69) is 172 Å². The summed E-state index contributed by atoms with van der Waals surface area (Å²) in [5.41, 5.74) is 9.67. The van der Waals surface area contributed by atoms with Crippen molar-refractivity contribution in [2.24, 2.45) is 0 Å². The number of carbonyl (C=O) groups is 2. The number of allylic oxidation sites excluding steroid dienone is 4. The summed E-state index contributed by atoms with van der Waals surface area (Å²) in [7, 11) is 0. The highest BCUT2D eigenvalue weighted by Crippen LogP contribution is 2.45. The fourth-order valence-corrected chi connectivity index (χ4v) is 9.43. The van der Waals surface area contributed by atoms with Gasteiger partial charge >= 0.3 is 0 Å². The summed E-state index contributed by atoms with van der Waals surface area (Å²) in [6.45, 7) is 25.9. The second-order valence-corrected chi connectivity index (χ2v) is 19.1. The molecule has 4 aromatic carbocycles. The van der Waals surface area contributed by atoms with Gasteiger partial charge in [0.15, 0.2) is 11.6 Å². The first-order chi connectivity index (χ1) is 33.3. The van der Waals surface area contributed by atoms with Crippen molar-refractivity contribution >= 4 is 56.6 Å². The van der Waals surface area contributed by atoms with E-state index in [1.54, 1.807) is 0 Å². The van der Waals surface area contributed by atoms with Crippen molar-refractivity contribution in [3.63, 3.8) is 0 Å². The van der Waals surface area contributed by atoms with Crippen molar-refractivity contribution in [2.75, 3.05) is 72.0 Å². The minimum absolute atomic E-state index is 0.106. The third kappa shape index (κ3) is 14.5. The fourth-order valence-electron chi connectivity index (χ4n) is 9.43. The molecule has 0 bridgehead atoms. The number of Topliss-reactive ketones (excluding diaryl/α,β-unsaturated/α-hetero) is 2. The molecule has 0 saturated carbocycles. The Kier molecular flexibility index (Phi) is 23.0. The van der Waals surface area contributed by atoms with Gasteiger partial charge in [0.05, 0.1) is 0 Å². The third-order valence-electron chi connectivity index (χ3n) is 13.7. The quantitative estimate of drug-likeness (QED) is 0.0455. The number of carbonyl (C=O) groups excluding carboxylic acids is 2. The van der Waals surface area contributed by atoms with Gasteiger partial charge in [-0.25, -0.2) is 0 Å². The van der Waals surface area contributed by atoms with Crippen LogP contribution in [0, 0.1) is 0 Å². The average Bonchev–Trinajstić information content (AvgIpc) is 3.37. The summed E-state index contributed by atoms with van der Waals surface area (Å²) in [6.07, 6.45) is 18.1. The Balaban J connectivity index is 1.74. The molecule has 0 fully saturated rings. The molecule has 68 heavy (non-hydrogen) atoms. The Morgan fingerprint density at radius 3 is 0.529 bits per heavy atom. The Labute approximate surface area is 413 Å². The van der Waals surface area contributed by atoms with Crippen LogP contribution in [0.1, 0.15) is 180 Å². The van der Waals surface area contributed by atoms with Gasteiger partial charge in [-0.1, -0.05) is 155 Å². The number of benzene rings is 4. The van der Waals surface area contributed by atoms with Gasteiger partial charge in [0, 0.05) is 97.4 Å². The maximum absolute atomic E-state index is 16.0. The lowest BCUT2D eigenvalue weighted by atomic mass is 9.74. The number of hydrogen-bond donors (Lipinski definition) is 0. The van der Waals surface area contributed by atoms with Crippen LogP contribution in [-0.2, 0) is 9.59 Å². The van der Waals surface area contributed by atoms with Crippen LogP contribution in [0.15, 0.2) is 97.1 Å². The van der Waals surface area contributed by atoms with Crippen LogP contribution < -0.4 is 19.6 Å². The summed E-state index contributed by atoms with van der Waals surface area (Å²) < 4.78 is 0. The molecule has 0 amide bonds. The lowest BCUT2D eigenvalue weighted by molar-refractivity contribution is -0.111. The van der Waals surface area contributed by atoms with Gasteiger partial charge in [0.25, 0.3) is 0 Å². The van der Waals surface area contributed by atoms with Crippen LogP contribution >= 0.6 is 0 Å². The Morgan fingerprint density at radius 2 is 0.397 bits per heavy atom. The molecule has 0 N–H and O–H groups in total. The van der Waals surface area contributed by atoms with E-state index in [4.69, 9.17) is 0 Å². The number of ketones is 2. The van der Waals surface area contributed by atoms with Gasteiger partial charge in [0.1, 0.15) is 0 Å². The Hall–Kier alpha value is -5.10. The SMILES string of the molecule is CCCCN(CCCC)c1ccc(C2=C(c3ccc(N(CCCC)CCCC)cc3)C(=O)C(c3ccc(N(CCCC)CCCC)cc3)=C(c3ccc(N(CCCC)CCCC)cc3)C2=O)cc1. The van der Waals surface area contributed by atoms with Crippen molar-refractivity contribution in [1.29, 1.82) is 0 Å². The van der Waals surface area contributed by atoms with Crippen LogP contribution in [0.2, 0.25) is 0 Å². The lowest BCUT2D eigenvalue weighted by Crippen LogP contribution is -2.26. The van der Waals surface area contributed by atoms with E-state index in [-0.39, 0.29) is 11.6 Å². The van der Waals surface area contributed by atoms with E-state index >= 15 is 9.59 Å². The molecule has 4 aromatic rings. The minimum atomic E-state index is -0.106. The Morgan fingerprint density at radius 1 is 0.250 bits per heavy atom. The van der Waals surface area contributed by atoms with Crippen LogP contribution in [0.4, 0.5) is 22.7 Å². The summed E-state index contributed by atoms with van der Waals surface area (Å²) in [4.78, 5) is 41.8. The zero-order valence-electron chi connectivity index (χ0n) is 43.8. The van der Waals surface area contributed by atoms with Gasteiger partial charge in [-0.15, -0.1) is 0 Å². The fraction of sp³-hybridized carbons (Fsp3) is 0.516. The van der Waals surface area contributed by atoms with Gasteiger partial charge in [-0.2, -0.15) is 0 Å². The van der Waals surface area contributed by atoms with Crippen molar-refractivity contribution in [2.45, 2.75) is 158 Å². The summed E-state index contributed by atoms with van der Waals surface area (Å²) in [6, 6.07) is 34.1. The largest absolute Gasteiger partial charge is 0.372 e. The van der Waals surface area contributed by atoms with E-state index < -0.39 is 0 Å². The normalized spacial score (nSPS) is 12.9. The molecule has 1 aliphatic carbocycles. The minimum Gasteiger partial charge on any atom is -0.372 e. The highest BCUT2D eigenvalue weighted by atomic mass is 16.1. The van der Waals surface area contributed by atoms with Crippen molar-refractivity contribution in [3.8, 4) is 0 Å². The predicted octanol–water partition coefficient (Wildman–Crippen LogP) is 16.0. The van der Waals surface area contributed by atoms with Gasteiger partial charge in [-0.05, 0) is 122 Å². The second kappa shape index (κ2) is 29.0. The molecule has 0 heterocycles. The number of nitrogens with zero attached hydrogens (tertiary/aromatic N) is 4. The first-order valence-corrected chi connectivity index (χ1v) is 27.3. The average molecular weight is 921 g/mol. The van der Waals surface area contributed by atoms with E-state index in [0.29, 0.717) is 22.3 Å². The van der Waals surface area contributed by atoms with Gasteiger partial charge in [-0.3, -0.25) is 9.59 Å². The molecule has 0 aliphatic heterocycles. The molecule has 0 atom stereocenters. The molecule has 0 unspecified atom stereocenters. The number of rotatable bonds is 32. The van der Waals surface area contributed by atoms with Gasteiger partial charge in [0.2, 0.25) is 0 Å². The maximum atomic E-state index is 16.0. The summed E-state index contributed by atoms with van der Waals surface area (Å²) in [5.74, 6) is -0.211. The molecule has 6 heteroatoms. The lowest BCUT2D eigenvalue weighted by Gasteiger charge is -2.29. The topological polar surface area (TPSA) is 47.1 Å². The zero-order chi connectivity index (χ0) is 48.7. The maximum Gasteiger partial charge on any atom is 0.195 e. The second-order valence-electron chi connectivity index (χ2n) is 19.1. The number of anilines is 4. The van der Waals surface area contributed by atoms with E-state index in [1.807, 2.05) is 0 Å². The van der Waals surface area contributed by atoms with Crippen LogP contribution in [0.5, 0.6) is 0 Å². The van der Waals surface area contributed by atoms with E-state index in [9.17, 15) is 0 Å². The first kappa shape index (κ1) is 53.8. The standard InChI is InChI=1S/C62H88N4O2/c1-9-17-41-63(42-18-10-2)53-33-25-49(26-34-53)57-58(50-27-35-54(36-28-50)64(43-19-11-3)44-20-12-4)62(68)60(52-31-39-56(40-32-52)66(47-23-15-7)48-24-16-8)59(61(57)67)51-29-37-55(38-30-51)65(45-21-13-5)46-22-14-6/h25-40H,9-24,41-48H2,1-8H3. The first-order valence-electron chi connectivity index (χ1n) is 27.3. The molecule has 1 aliphatic rings. The molecule has 0 saturated heterocycles. The van der Waals surface area contributed by atoms with Crippen molar-refractivity contribution in [3.05, 3.63) is 119 Å². The zero-order valence-corrected chi connectivity index (χ0v) is 43.8. The predicted molar refractivity (Wildman–Crippen MR) is 298 cm³/mol. The molecular formula is C62H88N4O2. The van der Waals surface area contributed by atoms with Gasteiger partial charge < -0.3 is 19.6 Å². The van der Waals surface area contributed by atoms with E-state index in [0.717, 1.165) is 200 Å². The van der Waals surface area contributed by atoms with Crippen LogP contribution in [0.25, 0.3) is 22.3 Å². The summed E-state index contributed by atoms with van der Waals surface area (Å²) in [5, 5.41) is 0. The molecule has 0 spiro atoms. The molecule has 368 valence electrons. The van der Waals surface area contributed by atoms with Crippen molar-refractivity contribution < 1.29 is 9.59 Å².